The average Bonchev–Trinajstić information content (AvgIpc) is 2.91. The van der Waals surface area contributed by atoms with Crippen LogP contribution in [0, 0.1) is 0 Å². The quantitative estimate of drug-likeness (QED) is 0.786. The summed E-state index contributed by atoms with van der Waals surface area (Å²) in [4.78, 5) is 37.8. The summed E-state index contributed by atoms with van der Waals surface area (Å²) in [6.07, 6.45) is 3.57. The van der Waals surface area contributed by atoms with Crippen molar-refractivity contribution >= 4 is 5.91 Å². The van der Waals surface area contributed by atoms with Gasteiger partial charge < -0.3 is 10.3 Å². The summed E-state index contributed by atoms with van der Waals surface area (Å²) in [7, 11) is 3.18. The maximum Gasteiger partial charge on any atom is 0.328 e. The van der Waals surface area contributed by atoms with E-state index in [0.717, 1.165) is 10.3 Å². The minimum Gasteiger partial charge on any atom is -0.347 e. The third-order valence-corrected chi connectivity index (χ3v) is 3.56. The molecule has 1 atom stereocenters. The predicted octanol–water partition coefficient (Wildman–Crippen LogP) is -0.383. The van der Waals surface area contributed by atoms with E-state index in [9.17, 15) is 14.4 Å². The Kier molecular flexibility index (Phi) is 4.59. The van der Waals surface area contributed by atoms with Crippen LogP contribution in [-0.2, 0) is 25.3 Å². The van der Waals surface area contributed by atoms with Gasteiger partial charge in [-0.05, 0) is 12.5 Å². The van der Waals surface area contributed by atoms with Gasteiger partial charge in [0.05, 0.1) is 18.2 Å². The molecule has 0 aliphatic carbocycles. The fraction of sp³-hybridized carbons (Fsp3) is 0.429. The Morgan fingerprint density at radius 3 is 2.73 bits per heavy atom. The zero-order valence-electron chi connectivity index (χ0n) is 12.8. The molecule has 2 aromatic heterocycles. The molecule has 1 amide bonds. The summed E-state index contributed by atoms with van der Waals surface area (Å²) in [6, 6.07) is 1.67. The molecule has 8 nitrogen and oxygen atoms in total. The third kappa shape index (κ3) is 3.16. The van der Waals surface area contributed by atoms with Crippen molar-refractivity contribution in [2.75, 3.05) is 0 Å². The highest BCUT2D eigenvalue weighted by molar-refractivity contribution is 5.78. The Morgan fingerprint density at radius 1 is 1.41 bits per heavy atom. The Labute approximate surface area is 126 Å². The molecule has 0 aliphatic rings. The number of aromatic nitrogens is 4. The van der Waals surface area contributed by atoms with Crippen molar-refractivity contribution in [1.82, 2.24) is 24.6 Å². The summed E-state index contributed by atoms with van der Waals surface area (Å²) in [6.45, 7) is 1.96. The van der Waals surface area contributed by atoms with Crippen LogP contribution in [-0.4, -0.2) is 25.2 Å². The molecule has 2 rings (SSSR count). The molecule has 0 saturated heterocycles. The molecular weight excluding hydrogens is 286 g/mol. The van der Waals surface area contributed by atoms with Crippen molar-refractivity contribution in [3.8, 4) is 0 Å². The molecule has 0 spiro atoms. The van der Waals surface area contributed by atoms with Gasteiger partial charge in [-0.25, -0.2) is 4.79 Å². The number of hydrogen-bond acceptors (Lipinski definition) is 4. The van der Waals surface area contributed by atoms with Gasteiger partial charge in [0.2, 0.25) is 5.91 Å². The molecule has 0 bridgehead atoms. The lowest BCUT2D eigenvalue weighted by Crippen LogP contribution is -2.37. The van der Waals surface area contributed by atoms with Crippen molar-refractivity contribution < 1.29 is 4.79 Å². The van der Waals surface area contributed by atoms with Crippen LogP contribution < -0.4 is 16.6 Å². The van der Waals surface area contributed by atoms with E-state index < -0.39 is 11.2 Å². The van der Waals surface area contributed by atoms with E-state index in [4.69, 9.17) is 0 Å². The van der Waals surface area contributed by atoms with Crippen LogP contribution in [0.5, 0.6) is 0 Å². The molecule has 118 valence electrons. The molecule has 8 heteroatoms. The normalized spacial score (nSPS) is 12.1. The largest absolute Gasteiger partial charge is 0.347 e. The molecule has 0 aromatic carbocycles. The number of carbonyl (C=O) groups is 1. The van der Waals surface area contributed by atoms with E-state index in [0.29, 0.717) is 6.42 Å². The first-order valence-electron chi connectivity index (χ1n) is 6.98. The maximum absolute atomic E-state index is 12.2. The highest BCUT2D eigenvalue weighted by Crippen LogP contribution is 2.15. The number of aryl methyl sites for hydroxylation is 1. The zero-order chi connectivity index (χ0) is 16.3. The van der Waals surface area contributed by atoms with Crippen LogP contribution in [0.15, 0.2) is 28.0 Å². The van der Waals surface area contributed by atoms with Crippen LogP contribution >= 0.6 is 0 Å². The van der Waals surface area contributed by atoms with Gasteiger partial charge in [0.15, 0.2) is 0 Å². The third-order valence-electron chi connectivity index (χ3n) is 3.56. The van der Waals surface area contributed by atoms with E-state index in [1.165, 1.54) is 13.2 Å². The van der Waals surface area contributed by atoms with Crippen molar-refractivity contribution in [3.05, 3.63) is 50.6 Å². The Morgan fingerprint density at radius 2 is 2.14 bits per heavy atom. The summed E-state index contributed by atoms with van der Waals surface area (Å²) in [5.41, 5.74) is 0.174. The SMILES string of the molecule is CC[C@H](NC(=O)Cc1c[nH]c(=O)n(C)c1=O)c1ccnn1C. The number of hydrogen-bond donors (Lipinski definition) is 2. The molecule has 0 unspecified atom stereocenters. The number of aromatic amines is 1. The summed E-state index contributed by atoms with van der Waals surface area (Å²) >= 11 is 0. The second-order valence-corrected chi connectivity index (χ2v) is 5.07. The fourth-order valence-electron chi connectivity index (χ4n) is 2.27. The van der Waals surface area contributed by atoms with Crippen LogP contribution in [0.2, 0.25) is 0 Å². The second-order valence-electron chi connectivity index (χ2n) is 5.07. The van der Waals surface area contributed by atoms with Crippen LogP contribution in [0.1, 0.15) is 30.6 Å². The predicted molar refractivity (Wildman–Crippen MR) is 80.4 cm³/mol. The Balaban J connectivity index is 2.13. The van der Waals surface area contributed by atoms with Crippen molar-refractivity contribution in [3.63, 3.8) is 0 Å². The van der Waals surface area contributed by atoms with Crippen molar-refractivity contribution in [2.24, 2.45) is 14.1 Å². The number of nitrogens with one attached hydrogen (secondary N) is 2. The van der Waals surface area contributed by atoms with Crippen LogP contribution in [0.25, 0.3) is 0 Å². The van der Waals surface area contributed by atoms with Gasteiger partial charge in [0.1, 0.15) is 0 Å². The topological polar surface area (TPSA) is 102 Å². The molecular formula is C14H19N5O3. The fourth-order valence-corrected chi connectivity index (χ4v) is 2.27. The first-order valence-corrected chi connectivity index (χ1v) is 6.98. The minimum atomic E-state index is -0.504. The van der Waals surface area contributed by atoms with E-state index in [1.54, 1.807) is 10.9 Å². The van der Waals surface area contributed by atoms with Crippen LogP contribution in [0.4, 0.5) is 0 Å². The number of amides is 1. The lowest BCUT2D eigenvalue weighted by Gasteiger charge is -2.17. The van der Waals surface area contributed by atoms with Crippen molar-refractivity contribution in [1.29, 1.82) is 0 Å². The summed E-state index contributed by atoms with van der Waals surface area (Å²) in [5.74, 6) is -0.280. The van der Waals surface area contributed by atoms with Gasteiger partial charge >= 0.3 is 5.69 Å². The smallest absolute Gasteiger partial charge is 0.328 e. The first-order chi connectivity index (χ1) is 10.4. The van der Waals surface area contributed by atoms with Gasteiger partial charge in [-0.3, -0.25) is 18.8 Å². The first kappa shape index (κ1) is 15.7. The van der Waals surface area contributed by atoms with E-state index in [1.807, 2.05) is 20.0 Å². The lowest BCUT2D eigenvalue weighted by molar-refractivity contribution is -0.121. The van der Waals surface area contributed by atoms with E-state index in [2.05, 4.69) is 15.4 Å². The van der Waals surface area contributed by atoms with Gasteiger partial charge in [0, 0.05) is 32.1 Å². The molecule has 0 saturated carbocycles. The molecule has 22 heavy (non-hydrogen) atoms. The molecule has 2 heterocycles. The standard InChI is InChI=1S/C14H19N5O3/c1-4-10(11-5-6-16-19(11)3)17-12(20)7-9-8-15-14(22)18(2)13(9)21/h5-6,8,10H,4,7H2,1-3H3,(H,15,22)(H,17,20)/t10-/m0/s1. The molecule has 0 aliphatic heterocycles. The van der Waals surface area contributed by atoms with E-state index >= 15 is 0 Å². The molecule has 0 radical (unpaired) electrons. The Bertz CT molecular complexity index is 786. The minimum absolute atomic E-state index is 0.0855. The monoisotopic (exact) mass is 305 g/mol. The van der Waals surface area contributed by atoms with E-state index in [-0.39, 0.29) is 23.9 Å². The average molecular weight is 305 g/mol. The molecule has 0 fully saturated rings. The summed E-state index contributed by atoms with van der Waals surface area (Å²) < 4.78 is 2.65. The Hall–Kier alpha value is -2.64. The zero-order valence-corrected chi connectivity index (χ0v) is 12.8. The van der Waals surface area contributed by atoms with Gasteiger partial charge in [-0.1, -0.05) is 6.92 Å². The number of nitrogens with zero attached hydrogens (tertiary/aromatic N) is 3. The highest BCUT2D eigenvalue weighted by Gasteiger charge is 2.17. The van der Waals surface area contributed by atoms with Crippen molar-refractivity contribution in [2.45, 2.75) is 25.8 Å². The van der Waals surface area contributed by atoms with Gasteiger partial charge in [-0.15, -0.1) is 0 Å². The molecule has 2 N–H and O–H groups in total. The van der Waals surface area contributed by atoms with Crippen LogP contribution in [0.3, 0.4) is 0 Å². The highest BCUT2D eigenvalue weighted by atomic mass is 16.2. The summed E-state index contributed by atoms with van der Waals surface area (Å²) in [5, 5.41) is 6.96. The number of carbonyl (C=O) groups excluding carboxylic acids is 1. The number of H-pyrrole nitrogens is 1. The van der Waals surface area contributed by atoms with Gasteiger partial charge in [0.25, 0.3) is 5.56 Å². The van der Waals surface area contributed by atoms with Gasteiger partial charge in [-0.2, -0.15) is 5.10 Å². The molecule has 2 aromatic rings. The number of rotatable bonds is 5. The lowest BCUT2D eigenvalue weighted by atomic mass is 10.1. The maximum atomic E-state index is 12.2. The second kappa shape index (κ2) is 6.42.